The summed E-state index contributed by atoms with van der Waals surface area (Å²) in [6.45, 7) is 3.48. The molecule has 0 fully saturated rings. The van der Waals surface area contributed by atoms with Gasteiger partial charge in [-0.25, -0.2) is 0 Å². The maximum atomic E-state index is 8.94. The van der Waals surface area contributed by atoms with Crippen LogP contribution < -0.4 is 0 Å². The summed E-state index contributed by atoms with van der Waals surface area (Å²) in [5, 5.41) is 18.0. The highest BCUT2D eigenvalue weighted by atomic mass is 35.5. The highest BCUT2D eigenvalue weighted by molar-refractivity contribution is 6.32. The molecule has 0 aliphatic rings. The first kappa shape index (κ1) is 7.22. The Labute approximate surface area is 63.7 Å². The van der Waals surface area contributed by atoms with Gasteiger partial charge < -0.3 is 10.2 Å². The molecule has 0 aliphatic heterocycles. The zero-order valence-electron chi connectivity index (χ0n) is 5.13. The van der Waals surface area contributed by atoms with E-state index in [2.05, 4.69) is 6.92 Å². The lowest BCUT2D eigenvalue weighted by molar-refractivity contribution is 0.449. The third kappa shape index (κ3) is 1.16. The minimum atomic E-state index is -0.133. The first-order valence-electron chi connectivity index (χ1n) is 2.64. The van der Waals surface area contributed by atoms with Crippen LogP contribution >= 0.6 is 11.6 Å². The molecule has 1 aromatic rings. The van der Waals surface area contributed by atoms with Gasteiger partial charge in [-0.15, -0.1) is 0 Å². The van der Waals surface area contributed by atoms with E-state index in [1.54, 1.807) is 0 Å². The number of halogens is 1. The third-order valence-electron chi connectivity index (χ3n) is 1.15. The van der Waals surface area contributed by atoms with E-state index in [0.717, 1.165) is 6.07 Å². The monoisotopic (exact) mass is 157 g/mol. The maximum absolute atomic E-state index is 8.94. The summed E-state index contributed by atoms with van der Waals surface area (Å²) >= 11 is 5.48. The summed E-state index contributed by atoms with van der Waals surface area (Å²) in [5.41, 5.74) is 0.405. The van der Waals surface area contributed by atoms with Gasteiger partial charge in [0.1, 0.15) is 11.5 Å². The van der Waals surface area contributed by atoms with Crippen molar-refractivity contribution in [2.45, 2.75) is 0 Å². The third-order valence-corrected chi connectivity index (χ3v) is 1.45. The minimum Gasteiger partial charge on any atom is -0.508 e. The SMILES string of the molecule is [CH2]c1cc(Cl)c(O)cc1O. The first-order chi connectivity index (χ1) is 4.61. The second-order valence-electron chi connectivity index (χ2n) is 1.93. The zero-order chi connectivity index (χ0) is 7.72. The van der Waals surface area contributed by atoms with Crippen molar-refractivity contribution in [3.8, 4) is 11.5 Å². The van der Waals surface area contributed by atoms with Crippen molar-refractivity contribution in [3.63, 3.8) is 0 Å². The van der Waals surface area contributed by atoms with Crippen LogP contribution in [0.4, 0.5) is 0 Å². The second-order valence-corrected chi connectivity index (χ2v) is 2.34. The van der Waals surface area contributed by atoms with E-state index < -0.39 is 0 Å². The Bertz CT molecular complexity index is 208. The molecule has 0 aliphatic carbocycles. The van der Waals surface area contributed by atoms with Crippen LogP contribution in [-0.2, 0) is 0 Å². The standard InChI is InChI=1S/C7H6ClO2/c1-4-2-5(8)7(10)3-6(4)9/h2-3,9-10H,1H2. The number of benzene rings is 1. The summed E-state index contributed by atoms with van der Waals surface area (Å²) in [7, 11) is 0. The largest absolute Gasteiger partial charge is 0.508 e. The van der Waals surface area contributed by atoms with E-state index in [-0.39, 0.29) is 16.5 Å². The van der Waals surface area contributed by atoms with Crippen molar-refractivity contribution in [3.05, 3.63) is 29.6 Å². The number of aromatic hydroxyl groups is 2. The van der Waals surface area contributed by atoms with Gasteiger partial charge in [0.25, 0.3) is 0 Å². The molecule has 2 nitrogen and oxygen atoms in total. The number of rotatable bonds is 0. The molecule has 0 saturated carbocycles. The van der Waals surface area contributed by atoms with Gasteiger partial charge in [0.2, 0.25) is 0 Å². The zero-order valence-corrected chi connectivity index (χ0v) is 5.89. The van der Waals surface area contributed by atoms with Gasteiger partial charge in [0.05, 0.1) is 5.02 Å². The van der Waals surface area contributed by atoms with Crippen LogP contribution in [-0.4, -0.2) is 10.2 Å². The van der Waals surface area contributed by atoms with E-state index in [9.17, 15) is 0 Å². The Balaban J connectivity index is 3.28. The van der Waals surface area contributed by atoms with Gasteiger partial charge >= 0.3 is 0 Å². The first-order valence-corrected chi connectivity index (χ1v) is 3.02. The normalized spacial score (nSPS) is 9.80. The molecule has 1 aromatic carbocycles. The molecule has 0 bridgehead atoms. The van der Waals surface area contributed by atoms with Gasteiger partial charge in [0, 0.05) is 6.07 Å². The van der Waals surface area contributed by atoms with E-state index in [0.29, 0.717) is 5.56 Å². The fourth-order valence-corrected chi connectivity index (χ4v) is 0.778. The molecule has 0 heterocycles. The van der Waals surface area contributed by atoms with Crippen molar-refractivity contribution in [2.24, 2.45) is 0 Å². The molecule has 3 heteroatoms. The maximum Gasteiger partial charge on any atom is 0.137 e. The highest BCUT2D eigenvalue weighted by Crippen LogP contribution is 2.29. The lowest BCUT2D eigenvalue weighted by Gasteiger charge is -1.99. The Morgan fingerprint density at radius 2 is 1.80 bits per heavy atom. The van der Waals surface area contributed by atoms with Gasteiger partial charge in [0.15, 0.2) is 0 Å². The summed E-state index contributed by atoms with van der Waals surface area (Å²) in [4.78, 5) is 0. The van der Waals surface area contributed by atoms with Crippen molar-refractivity contribution >= 4 is 11.6 Å². The van der Waals surface area contributed by atoms with E-state index in [1.807, 2.05) is 0 Å². The van der Waals surface area contributed by atoms with Gasteiger partial charge in [-0.05, 0) is 18.6 Å². The lowest BCUT2D eigenvalue weighted by atomic mass is 10.2. The van der Waals surface area contributed by atoms with Crippen LogP contribution in [0.2, 0.25) is 5.02 Å². The summed E-state index contributed by atoms with van der Waals surface area (Å²) < 4.78 is 0. The molecule has 0 spiro atoms. The molecule has 10 heavy (non-hydrogen) atoms. The molecule has 0 atom stereocenters. The molecule has 1 radical (unpaired) electrons. The molecule has 0 amide bonds. The summed E-state index contributed by atoms with van der Waals surface area (Å²) in [5.74, 6) is -0.187. The number of phenolic OH excluding ortho intramolecular Hbond substituents is 2. The van der Waals surface area contributed by atoms with Crippen molar-refractivity contribution in [2.75, 3.05) is 0 Å². The average Bonchev–Trinajstić information content (AvgIpc) is 1.84. The quantitative estimate of drug-likeness (QED) is 0.604. The van der Waals surface area contributed by atoms with Crippen LogP contribution in [0, 0.1) is 6.92 Å². The number of hydrogen-bond donors (Lipinski definition) is 2. The highest BCUT2D eigenvalue weighted by Gasteiger charge is 2.01. The van der Waals surface area contributed by atoms with Crippen molar-refractivity contribution < 1.29 is 10.2 Å². The molecule has 0 saturated heterocycles. The molecule has 0 aromatic heterocycles. The summed E-state index contributed by atoms with van der Waals surface area (Å²) in [6.07, 6.45) is 0. The molecule has 0 unspecified atom stereocenters. The number of phenols is 2. The van der Waals surface area contributed by atoms with E-state index in [1.165, 1.54) is 6.07 Å². The van der Waals surface area contributed by atoms with E-state index in [4.69, 9.17) is 21.8 Å². The lowest BCUT2D eigenvalue weighted by Crippen LogP contribution is -1.74. The molecule has 1 rings (SSSR count). The predicted octanol–water partition coefficient (Wildman–Crippen LogP) is 1.93. The fourth-order valence-electron chi connectivity index (χ4n) is 0.592. The molecule has 53 valence electrons. The Hall–Kier alpha value is -0.890. The molecular formula is C7H6ClO2. The average molecular weight is 158 g/mol. The smallest absolute Gasteiger partial charge is 0.137 e. The van der Waals surface area contributed by atoms with Crippen LogP contribution in [0.3, 0.4) is 0 Å². The van der Waals surface area contributed by atoms with Crippen molar-refractivity contribution in [1.29, 1.82) is 0 Å². The Morgan fingerprint density at radius 3 is 2.30 bits per heavy atom. The second kappa shape index (κ2) is 2.39. The van der Waals surface area contributed by atoms with Crippen LogP contribution in [0.15, 0.2) is 12.1 Å². The molecular weight excluding hydrogens is 152 g/mol. The van der Waals surface area contributed by atoms with Gasteiger partial charge in [-0.3, -0.25) is 0 Å². The summed E-state index contributed by atoms with van der Waals surface area (Å²) in [6, 6.07) is 2.55. The van der Waals surface area contributed by atoms with E-state index >= 15 is 0 Å². The van der Waals surface area contributed by atoms with Gasteiger partial charge in [-0.2, -0.15) is 0 Å². The topological polar surface area (TPSA) is 40.5 Å². The fraction of sp³-hybridized carbons (Fsp3) is 0. The predicted molar refractivity (Wildman–Crippen MR) is 39.2 cm³/mol. The molecule has 2 N–H and O–H groups in total. The van der Waals surface area contributed by atoms with Crippen molar-refractivity contribution in [1.82, 2.24) is 0 Å². The van der Waals surface area contributed by atoms with Crippen LogP contribution in [0.5, 0.6) is 11.5 Å². The van der Waals surface area contributed by atoms with Crippen LogP contribution in [0.1, 0.15) is 5.56 Å². The number of hydrogen-bond acceptors (Lipinski definition) is 2. The minimum absolute atomic E-state index is 0.0538. The van der Waals surface area contributed by atoms with Crippen LogP contribution in [0.25, 0.3) is 0 Å². The van der Waals surface area contributed by atoms with Gasteiger partial charge in [-0.1, -0.05) is 11.6 Å². The Morgan fingerprint density at radius 1 is 1.20 bits per heavy atom. The Kier molecular flexibility index (Phi) is 1.72.